The SMILES string of the molecule is C[Si](C)(OC/C=C/Cl)C(Cl)Cl. The molecule has 0 aromatic rings. The van der Waals surface area contributed by atoms with Crippen LogP contribution in [0.4, 0.5) is 0 Å². The molecule has 66 valence electrons. The molecule has 0 bridgehead atoms. The molecule has 5 heteroatoms. The Morgan fingerprint density at radius 2 is 2.00 bits per heavy atom. The molecule has 0 fully saturated rings. The lowest BCUT2D eigenvalue weighted by molar-refractivity contribution is 0.354. The average molecular weight is 234 g/mol. The summed E-state index contributed by atoms with van der Waals surface area (Å²) in [4.78, 5) is 0. The van der Waals surface area contributed by atoms with Gasteiger partial charge in [-0.05, 0) is 19.2 Å². The summed E-state index contributed by atoms with van der Waals surface area (Å²) in [5, 5.41) is 0. The van der Waals surface area contributed by atoms with E-state index in [1.807, 2.05) is 13.1 Å². The van der Waals surface area contributed by atoms with Gasteiger partial charge in [-0.1, -0.05) is 11.6 Å². The molecule has 0 aliphatic carbocycles. The van der Waals surface area contributed by atoms with Crippen molar-refractivity contribution in [2.45, 2.75) is 17.6 Å². The van der Waals surface area contributed by atoms with Crippen molar-refractivity contribution in [3.8, 4) is 0 Å². The molecule has 0 aliphatic heterocycles. The van der Waals surface area contributed by atoms with Crippen LogP contribution in [0.15, 0.2) is 11.6 Å². The Bertz CT molecular complexity index is 136. The average Bonchev–Trinajstić information content (AvgIpc) is 1.88. The van der Waals surface area contributed by atoms with E-state index in [4.69, 9.17) is 39.2 Å². The third-order valence-electron chi connectivity index (χ3n) is 1.17. The van der Waals surface area contributed by atoms with Gasteiger partial charge in [0.2, 0.25) is 8.32 Å². The second-order valence-corrected chi connectivity index (χ2v) is 8.73. The van der Waals surface area contributed by atoms with Crippen molar-refractivity contribution in [3.05, 3.63) is 11.6 Å². The molecule has 0 rings (SSSR count). The normalized spacial score (nSPS) is 13.3. The second kappa shape index (κ2) is 5.44. The summed E-state index contributed by atoms with van der Waals surface area (Å²) < 4.78 is 5.04. The van der Waals surface area contributed by atoms with Gasteiger partial charge in [-0.25, -0.2) is 0 Å². The Kier molecular flexibility index (Phi) is 5.82. The first-order valence-electron chi connectivity index (χ1n) is 3.18. The van der Waals surface area contributed by atoms with Crippen LogP contribution >= 0.6 is 34.8 Å². The molecule has 0 aromatic heterocycles. The molecule has 0 radical (unpaired) electrons. The summed E-state index contributed by atoms with van der Waals surface area (Å²) in [5.41, 5.74) is 1.42. The third-order valence-corrected chi connectivity index (χ3v) is 6.46. The number of alkyl halides is 2. The number of rotatable bonds is 4. The highest BCUT2D eigenvalue weighted by molar-refractivity contribution is 6.88. The Balaban J connectivity index is 3.73. The van der Waals surface area contributed by atoms with E-state index >= 15 is 0 Å². The maximum absolute atomic E-state index is 5.69. The van der Waals surface area contributed by atoms with Crippen molar-refractivity contribution in [3.63, 3.8) is 0 Å². The van der Waals surface area contributed by atoms with E-state index in [9.17, 15) is 0 Å². The third kappa shape index (κ3) is 5.09. The molecule has 0 heterocycles. The lowest BCUT2D eigenvalue weighted by atomic mass is 10.7. The molecule has 11 heavy (non-hydrogen) atoms. The molecule has 0 atom stereocenters. The summed E-state index contributed by atoms with van der Waals surface area (Å²) in [7, 11) is -1.90. The van der Waals surface area contributed by atoms with E-state index in [2.05, 4.69) is 0 Å². The van der Waals surface area contributed by atoms with Gasteiger partial charge >= 0.3 is 0 Å². The zero-order chi connectivity index (χ0) is 8.91. The topological polar surface area (TPSA) is 9.23 Å². The predicted octanol–water partition coefficient (Wildman–Crippen LogP) is 3.30. The smallest absolute Gasteiger partial charge is 0.220 e. The van der Waals surface area contributed by atoms with Gasteiger partial charge in [0.05, 0.1) is 6.61 Å². The molecule has 0 aliphatic rings. The van der Waals surface area contributed by atoms with Crippen molar-refractivity contribution in [1.82, 2.24) is 0 Å². The number of hydrogen-bond donors (Lipinski definition) is 0. The molecule has 0 aromatic carbocycles. The minimum Gasteiger partial charge on any atom is -0.411 e. The van der Waals surface area contributed by atoms with Crippen LogP contribution in [0.25, 0.3) is 0 Å². The van der Waals surface area contributed by atoms with Gasteiger partial charge in [0.1, 0.15) is 4.46 Å². The Morgan fingerprint density at radius 1 is 1.45 bits per heavy atom. The summed E-state index contributed by atoms with van der Waals surface area (Å²) >= 11 is 16.7. The highest BCUT2D eigenvalue weighted by atomic mass is 35.5. The minimum absolute atomic E-state index is 0.397. The van der Waals surface area contributed by atoms with E-state index in [0.29, 0.717) is 6.61 Å². The summed E-state index contributed by atoms with van der Waals surface area (Å²) in [5.74, 6) is 0. The molecular weight excluding hydrogens is 223 g/mol. The molecule has 0 amide bonds. The summed E-state index contributed by atoms with van der Waals surface area (Å²) in [6.07, 6.45) is 1.71. The van der Waals surface area contributed by atoms with Gasteiger partial charge in [0.15, 0.2) is 0 Å². The zero-order valence-electron chi connectivity index (χ0n) is 6.48. The largest absolute Gasteiger partial charge is 0.411 e. The van der Waals surface area contributed by atoms with E-state index in [1.54, 1.807) is 6.08 Å². The van der Waals surface area contributed by atoms with E-state index in [-0.39, 0.29) is 0 Å². The monoisotopic (exact) mass is 232 g/mol. The maximum Gasteiger partial charge on any atom is 0.220 e. The van der Waals surface area contributed by atoms with Crippen molar-refractivity contribution in [2.75, 3.05) is 6.61 Å². The lowest BCUT2D eigenvalue weighted by Gasteiger charge is -2.22. The van der Waals surface area contributed by atoms with Gasteiger partial charge in [-0.3, -0.25) is 0 Å². The number of halogens is 3. The fourth-order valence-electron chi connectivity index (χ4n) is 0.362. The standard InChI is InChI=1S/C6H11Cl3OSi/c1-11(2,6(8)9)10-5-3-4-7/h3-4,6H,5H2,1-2H3/b4-3+. The predicted molar refractivity (Wildman–Crippen MR) is 53.9 cm³/mol. The first-order chi connectivity index (χ1) is 5.00. The molecule has 0 unspecified atom stereocenters. The minimum atomic E-state index is -1.90. The van der Waals surface area contributed by atoms with Crippen molar-refractivity contribution < 1.29 is 4.43 Å². The van der Waals surface area contributed by atoms with Gasteiger partial charge in [-0.2, -0.15) is 0 Å². The Morgan fingerprint density at radius 3 is 2.36 bits per heavy atom. The van der Waals surface area contributed by atoms with E-state index in [0.717, 1.165) is 0 Å². The first kappa shape index (κ1) is 11.8. The van der Waals surface area contributed by atoms with Crippen LogP contribution in [0.5, 0.6) is 0 Å². The molecule has 0 spiro atoms. The Labute approximate surface area is 83.4 Å². The van der Waals surface area contributed by atoms with Crippen LogP contribution in [0.3, 0.4) is 0 Å². The lowest BCUT2D eigenvalue weighted by Crippen LogP contribution is -2.38. The van der Waals surface area contributed by atoms with Crippen LogP contribution in [0.2, 0.25) is 13.1 Å². The second-order valence-electron chi connectivity index (χ2n) is 2.58. The molecule has 1 nitrogen and oxygen atoms in total. The van der Waals surface area contributed by atoms with E-state index < -0.39 is 12.8 Å². The van der Waals surface area contributed by atoms with Gasteiger partial charge in [0, 0.05) is 5.54 Å². The number of hydrogen-bond acceptors (Lipinski definition) is 1. The molecular formula is C6H11Cl3OSi. The van der Waals surface area contributed by atoms with Crippen LogP contribution in [0, 0.1) is 0 Å². The molecule has 0 N–H and O–H groups in total. The van der Waals surface area contributed by atoms with E-state index in [1.165, 1.54) is 5.54 Å². The first-order valence-corrected chi connectivity index (χ1v) is 7.47. The van der Waals surface area contributed by atoms with Crippen molar-refractivity contribution in [1.29, 1.82) is 0 Å². The fraction of sp³-hybridized carbons (Fsp3) is 0.667. The Hall–Kier alpha value is 0.787. The summed E-state index contributed by atoms with van der Waals surface area (Å²) in [6, 6.07) is 0. The van der Waals surface area contributed by atoms with Gasteiger partial charge in [0.25, 0.3) is 0 Å². The van der Waals surface area contributed by atoms with Crippen LogP contribution in [-0.2, 0) is 4.43 Å². The summed E-state index contributed by atoms with van der Waals surface area (Å²) in [6.45, 7) is 4.40. The van der Waals surface area contributed by atoms with Gasteiger partial charge in [-0.15, -0.1) is 23.2 Å². The van der Waals surface area contributed by atoms with Gasteiger partial charge < -0.3 is 4.43 Å². The van der Waals surface area contributed by atoms with Crippen molar-refractivity contribution in [2.24, 2.45) is 0 Å². The molecule has 0 saturated carbocycles. The highest BCUT2D eigenvalue weighted by Gasteiger charge is 2.30. The van der Waals surface area contributed by atoms with Crippen LogP contribution < -0.4 is 0 Å². The fourth-order valence-corrected chi connectivity index (χ4v) is 1.46. The quantitative estimate of drug-likeness (QED) is 0.535. The molecule has 0 saturated heterocycles. The van der Waals surface area contributed by atoms with Crippen LogP contribution in [0.1, 0.15) is 0 Å². The highest BCUT2D eigenvalue weighted by Crippen LogP contribution is 2.19. The maximum atomic E-state index is 5.69. The van der Waals surface area contributed by atoms with Crippen LogP contribution in [-0.4, -0.2) is 19.4 Å². The zero-order valence-corrected chi connectivity index (χ0v) is 9.75. The van der Waals surface area contributed by atoms with Crippen molar-refractivity contribution >= 4 is 43.1 Å².